The number of carbonyl (C=O) groups excluding carboxylic acids is 1. The van der Waals surface area contributed by atoms with E-state index in [1.54, 1.807) is 4.68 Å². The van der Waals surface area contributed by atoms with Crippen molar-refractivity contribution in [2.75, 3.05) is 6.54 Å². The number of nitrogens with zero attached hydrogens (tertiary/aromatic N) is 5. The van der Waals surface area contributed by atoms with E-state index >= 15 is 0 Å². The van der Waals surface area contributed by atoms with Crippen molar-refractivity contribution in [3.05, 3.63) is 72.7 Å². The molecule has 0 saturated heterocycles. The predicted octanol–water partition coefficient (Wildman–Crippen LogP) is 2.32. The molecule has 0 aliphatic heterocycles. The molecule has 1 N–H and O–H groups in total. The molecule has 26 heavy (non-hydrogen) atoms. The SMILES string of the molecule is O=C(NCCn1cc(-c2ccccc2)nn1)c1cnc2ccccc2n1. The number of benzene rings is 2. The van der Waals surface area contributed by atoms with Crippen molar-refractivity contribution < 1.29 is 4.79 Å². The highest BCUT2D eigenvalue weighted by Crippen LogP contribution is 2.14. The first kappa shape index (κ1) is 15.9. The van der Waals surface area contributed by atoms with Crippen LogP contribution in [0.2, 0.25) is 0 Å². The number of fused-ring (bicyclic) bond motifs is 1. The largest absolute Gasteiger partial charge is 0.349 e. The fourth-order valence-corrected chi connectivity index (χ4v) is 2.59. The Balaban J connectivity index is 1.37. The highest BCUT2D eigenvalue weighted by molar-refractivity contribution is 5.93. The van der Waals surface area contributed by atoms with Gasteiger partial charge in [-0.15, -0.1) is 5.10 Å². The molecule has 1 amide bonds. The average molecular weight is 344 g/mol. The van der Waals surface area contributed by atoms with Crippen LogP contribution in [0, 0.1) is 0 Å². The number of para-hydroxylation sites is 2. The molecule has 2 aromatic heterocycles. The fourth-order valence-electron chi connectivity index (χ4n) is 2.59. The molecule has 7 nitrogen and oxygen atoms in total. The summed E-state index contributed by atoms with van der Waals surface area (Å²) in [6, 6.07) is 17.3. The van der Waals surface area contributed by atoms with E-state index in [-0.39, 0.29) is 5.91 Å². The van der Waals surface area contributed by atoms with E-state index in [2.05, 4.69) is 25.6 Å². The summed E-state index contributed by atoms with van der Waals surface area (Å²) in [6.07, 6.45) is 3.35. The van der Waals surface area contributed by atoms with Crippen LogP contribution in [0.5, 0.6) is 0 Å². The Morgan fingerprint density at radius 2 is 1.77 bits per heavy atom. The molecule has 0 radical (unpaired) electrons. The lowest BCUT2D eigenvalue weighted by Crippen LogP contribution is -2.28. The van der Waals surface area contributed by atoms with Gasteiger partial charge in [-0.2, -0.15) is 0 Å². The highest BCUT2D eigenvalue weighted by atomic mass is 16.1. The highest BCUT2D eigenvalue weighted by Gasteiger charge is 2.09. The quantitative estimate of drug-likeness (QED) is 0.600. The molecule has 0 fully saturated rings. The third kappa shape index (κ3) is 3.41. The molecule has 0 unspecified atom stereocenters. The van der Waals surface area contributed by atoms with Crippen molar-refractivity contribution in [1.29, 1.82) is 0 Å². The molecule has 0 spiro atoms. The first-order valence-electron chi connectivity index (χ1n) is 8.25. The number of rotatable bonds is 5. The van der Waals surface area contributed by atoms with E-state index in [0.29, 0.717) is 24.3 Å². The lowest BCUT2D eigenvalue weighted by Gasteiger charge is -2.05. The Hall–Kier alpha value is -3.61. The zero-order valence-electron chi connectivity index (χ0n) is 13.9. The van der Waals surface area contributed by atoms with Crippen molar-refractivity contribution in [2.45, 2.75) is 6.54 Å². The van der Waals surface area contributed by atoms with E-state index in [0.717, 1.165) is 16.8 Å². The molecule has 0 saturated carbocycles. The maximum absolute atomic E-state index is 12.2. The van der Waals surface area contributed by atoms with Crippen molar-refractivity contribution in [3.63, 3.8) is 0 Å². The van der Waals surface area contributed by atoms with Gasteiger partial charge in [0, 0.05) is 12.1 Å². The zero-order chi connectivity index (χ0) is 17.8. The van der Waals surface area contributed by atoms with Crippen LogP contribution in [-0.2, 0) is 6.54 Å². The molecule has 0 atom stereocenters. The molecule has 128 valence electrons. The van der Waals surface area contributed by atoms with Crippen LogP contribution < -0.4 is 5.32 Å². The smallest absolute Gasteiger partial charge is 0.271 e. The summed E-state index contributed by atoms with van der Waals surface area (Å²) in [5.41, 5.74) is 3.57. The van der Waals surface area contributed by atoms with Gasteiger partial charge in [-0.25, -0.2) is 4.98 Å². The van der Waals surface area contributed by atoms with Crippen LogP contribution in [0.3, 0.4) is 0 Å². The van der Waals surface area contributed by atoms with Crippen LogP contribution in [-0.4, -0.2) is 37.4 Å². The van der Waals surface area contributed by atoms with Gasteiger partial charge in [-0.3, -0.25) is 14.5 Å². The summed E-state index contributed by atoms with van der Waals surface area (Å²) in [5.74, 6) is -0.258. The molecule has 0 aliphatic carbocycles. The Kier molecular flexibility index (Phi) is 4.34. The van der Waals surface area contributed by atoms with E-state index in [1.165, 1.54) is 6.20 Å². The number of amides is 1. The summed E-state index contributed by atoms with van der Waals surface area (Å²) in [6.45, 7) is 0.942. The lowest BCUT2D eigenvalue weighted by atomic mass is 10.2. The Bertz CT molecular complexity index is 1040. The van der Waals surface area contributed by atoms with Crippen LogP contribution in [0.1, 0.15) is 10.5 Å². The first-order chi connectivity index (χ1) is 12.8. The second-order valence-corrected chi connectivity index (χ2v) is 5.73. The number of hydrogen-bond acceptors (Lipinski definition) is 5. The van der Waals surface area contributed by atoms with E-state index in [1.807, 2.05) is 60.8 Å². The Labute approximate surface area is 149 Å². The Morgan fingerprint density at radius 1 is 1.00 bits per heavy atom. The zero-order valence-corrected chi connectivity index (χ0v) is 13.9. The number of hydrogen-bond donors (Lipinski definition) is 1. The topological polar surface area (TPSA) is 85.6 Å². The fraction of sp³-hybridized carbons (Fsp3) is 0.105. The molecule has 2 heterocycles. The minimum Gasteiger partial charge on any atom is -0.349 e. The van der Waals surface area contributed by atoms with Gasteiger partial charge in [-0.1, -0.05) is 47.7 Å². The molecular formula is C19H16N6O. The lowest BCUT2D eigenvalue weighted by molar-refractivity contribution is 0.0947. The van der Waals surface area contributed by atoms with Gasteiger partial charge in [0.05, 0.1) is 30.0 Å². The number of carbonyl (C=O) groups is 1. The molecule has 7 heteroatoms. The van der Waals surface area contributed by atoms with Gasteiger partial charge in [-0.05, 0) is 12.1 Å². The van der Waals surface area contributed by atoms with Gasteiger partial charge in [0.25, 0.3) is 5.91 Å². The van der Waals surface area contributed by atoms with Gasteiger partial charge < -0.3 is 5.32 Å². The van der Waals surface area contributed by atoms with Gasteiger partial charge in [0.2, 0.25) is 0 Å². The van der Waals surface area contributed by atoms with Crippen molar-refractivity contribution in [3.8, 4) is 11.3 Å². The van der Waals surface area contributed by atoms with Crippen LogP contribution in [0.25, 0.3) is 22.3 Å². The molecule has 4 rings (SSSR count). The van der Waals surface area contributed by atoms with Gasteiger partial charge >= 0.3 is 0 Å². The van der Waals surface area contributed by atoms with E-state index in [4.69, 9.17) is 0 Å². The standard InChI is InChI=1S/C19H16N6O/c26-19(17-12-21-15-8-4-5-9-16(15)22-17)20-10-11-25-13-18(23-24-25)14-6-2-1-3-7-14/h1-9,12-13H,10-11H2,(H,20,26). The monoisotopic (exact) mass is 344 g/mol. The van der Waals surface area contributed by atoms with Crippen LogP contribution in [0.15, 0.2) is 67.0 Å². The number of aromatic nitrogens is 5. The molecule has 0 aliphatic rings. The summed E-state index contributed by atoms with van der Waals surface area (Å²) in [5, 5.41) is 11.1. The van der Waals surface area contributed by atoms with Crippen molar-refractivity contribution in [2.24, 2.45) is 0 Å². The molecular weight excluding hydrogens is 328 g/mol. The van der Waals surface area contributed by atoms with E-state index in [9.17, 15) is 4.79 Å². The van der Waals surface area contributed by atoms with Crippen molar-refractivity contribution in [1.82, 2.24) is 30.3 Å². The normalized spacial score (nSPS) is 10.8. The van der Waals surface area contributed by atoms with Crippen LogP contribution >= 0.6 is 0 Å². The Morgan fingerprint density at radius 3 is 2.62 bits per heavy atom. The van der Waals surface area contributed by atoms with Gasteiger partial charge in [0.1, 0.15) is 11.4 Å². The molecule has 2 aromatic carbocycles. The first-order valence-corrected chi connectivity index (χ1v) is 8.25. The average Bonchev–Trinajstić information content (AvgIpc) is 3.17. The minimum atomic E-state index is -0.258. The maximum atomic E-state index is 12.2. The summed E-state index contributed by atoms with van der Waals surface area (Å²) < 4.78 is 1.70. The van der Waals surface area contributed by atoms with Crippen LogP contribution in [0.4, 0.5) is 0 Å². The summed E-state index contributed by atoms with van der Waals surface area (Å²) >= 11 is 0. The number of nitrogens with one attached hydrogen (secondary N) is 1. The van der Waals surface area contributed by atoms with Crippen molar-refractivity contribution >= 4 is 16.9 Å². The second-order valence-electron chi connectivity index (χ2n) is 5.73. The summed E-state index contributed by atoms with van der Waals surface area (Å²) in [4.78, 5) is 20.8. The molecule has 4 aromatic rings. The second kappa shape index (κ2) is 7.10. The van der Waals surface area contributed by atoms with Gasteiger partial charge in [0.15, 0.2) is 0 Å². The molecule has 0 bridgehead atoms. The minimum absolute atomic E-state index is 0.258. The maximum Gasteiger partial charge on any atom is 0.271 e. The third-order valence-corrected chi connectivity index (χ3v) is 3.92. The third-order valence-electron chi connectivity index (χ3n) is 3.92. The summed E-state index contributed by atoms with van der Waals surface area (Å²) in [7, 11) is 0. The van der Waals surface area contributed by atoms with E-state index < -0.39 is 0 Å². The predicted molar refractivity (Wildman–Crippen MR) is 97.3 cm³/mol.